The second-order valence-corrected chi connectivity index (χ2v) is 5.70. The second-order valence-electron chi connectivity index (χ2n) is 4.92. The van der Waals surface area contributed by atoms with Gasteiger partial charge in [0.2, 0.25) is 5.91 Å². The molecule has 1 aliphatic rings. The van der Waals surface area contributed by atoms with E-state index in [1.54, 1.807) is 16.8 Å². The molecule has 0 atom stereocenters. The predicted octanol–water partition coefficient (Wildman–Crippen LogP) is 3.83. The molecule has 2 rings (SSSR count). The SMILES string of the molecule is O=C(C1CCCC1)N(Cc1ccsc1)CC(F)(F)F. The normalized spacial score (nSPS) is 16.8. The number of hydrogen-bond acceptors (Lipinski definition) is 2. The fourth-order valence-corrected chi connectivity index (χ4v) is 3.12. The van der Waals surface area contributed by atoms with Gasteiger partial charge in [-0.3, -0.25) is 4.79 Å². The summed E-state index contributed by atoms with van der Waals surface area (Å²) >= 11 is 1.42. The van der Waals surface area contributed by atoms with Gasteiger partial charge in [0.1, 0.15) is 6.54 Å². The molecule has 0 spiro atoms. The van der Waals surface area contributed by atoms with Gasteiger partial charge in [-0.25, -0.2) is 0 Å². The molecule has 19 heavy (non-hydrogen) atoms. The van der Waals surface area contributed by atoms with Crippen LogP contribution in [0.1, 0.15) is 31.2 Å². The summed E-state index contributed by atoms with van der Waals surface area (Å²) in [4.78, 5) is 13.1. The summed E-state index contributed by atoms with van der Waals surface area (Å²) < 4.78 is 37.8. The van der Waals surface area contributed by atoms with E-state index in [1.165, 1.54) is 11.3 Å². The Kier molecular flexibility index (Phi) is 4.50. The largest absolute Gasteiger partial charge is 0.406 e. The summed E-state index contributed by atoms with van der Waals surface area (Å²) in [5.41, 5.74) is 0.764. The molecule has 0 aliphatic heterocycles. The van der Waals surface area contributed by atoms with E-state index in [9.17, 15) is 18.0 Å². The highest BCUT2D eigenvalue weighted by molar-refractivity contribution is 7.07. The highest BCUT2D eigenvalue weighted by atomic mass is 32.1. The van der Waals surface area contributed by atoms with Crippen LogP contribution in [0.4, 0.5) is 13.2 Å². The van der Waals surface area contributed by atoms with Crippen molar-refractivity contribution < 1.29 is 18.0 Å². The molecule has 1 heterocycles. The molecule has 1 aliphatic carbocycles. The van der Waals surface area contributed by atoms with Gasteiger partial charge < -0.3 is 4.90 Å². The van der Waals surface area contributed by atoms with Gasteiger partial charge in [0.15, 0.2) is 0 Å². The lowest BCUT2D eigenvalue weighted by molar-refractivity contribution is -0.164. The number of carbonyl (C=O) groups excluding carboxylic acids is 1. The Hall–Kier alpha value is -1.04. The Balaban J connectivity index is 2.06. The minimum absolute atomic E-state index is 0.0539. The average molecular weight is 291 g/mol. The van der Waals surface area contributed by atoms with E-state index >= 15 is 0 Å². The molecular weight excluding hydrogens is 275 g/mol. The third kappa shape index (κ3) is 4.23. The van der Waals surface area contributed by atoms with Crippen LogP contribution >= 0.6 is 11.3 Å². The lowest BCUT2D eigenvalue weighted by atomic mass is 10.1. The molecule has 0 saturated heterocycles. The molecule has 6 heteroatoms. The zero-order valence-electron chi connectivity index (χ0n) is 10.4. The van der Waals surface area contributed by atoms with Crippen molar-refractivity contribution in [3.63, 3.8) is 0 Å². The zero-order valence-corrected chi connectivity index (χ0v) is 11.3. The van der Waals surface area contributed by atoms with E-state index in [1.807, 2.05) is 0 Å². The number of halogens is 3. The van der Waals surface area contributed by atoms with Gasteiger partial charge in [0.05, 0.1) is 0 Å². The van der Waals surface area contributed by atoms with Crippen LogP contribution in [0.5, 0.6) is 0 Å². The fraction of sp³-hybridized carbons (Fsp3) is 0.615. The van der Waals surface area contributed by atoms with Crippen LogP contribution in [0, 0.1) is 5.92 Å². The van der Waals surface area contributed by atoms with E-state index in [4.69, 9.17) is 0 Å². The molecular formula is C13H16F3NOS. The Morgan fingerprint density at radius 2 is 2.05 bits per heavy atom. The molecule has 0 aromatic carbocycles. The number of amides is 1. The lowest BCUT2D eigenvalue weighted by Gasteiger charge is -2.26. The van der Waals surface area contributed by atoms with E-state index in [-0.39, 0.29) is 18.4 Å². The molecule has 0 N–H and O–H groups in total. The minimum atomic E-state index is -4.34. The van der Waals surface area contributed by atoms with Crippen LogP contribution in [0.25, 0.3) is 0 Å². The van der Waals surface area contributed by atoms with Gasteiger partial charge in [0, 0.05) is 12.5 Å². The molecule has 1 fully saturated rings. The molecule has 106 valence electrons. The van der Waals surface area contributed by atoms with Gasteiger partial charge in [-0.15, -0.1) is 0 Å². The summed E-state index contributed by atoms with van der Waals surface area (Å²) in [7, 11) is 0. The first-order valence-electron chi connectivity index (χ1n) is 6.32. The topological polar surface area (TPSA) is 20.3 Å². The highest BCUT2D eigenvalue weighted by Gasteiger charge is 2.36. The lowest BCUT2D eigenvalue weighted by Crippen LogP contribution is -2.41. The van der Waals surface area contributed by atoms with Crippen molar-refractivity contribution in [2.75, 3.05) is 6.54 Å². The third-order valence-electron chi connectivity index (χ3n) is 3.34. The predicted molar refractivity (Wildman–Crippen MR) is 67.7 cm³/mol. The molecule has 2 nitrogen and oxygen atoms in total. The molecule has 1 saturated carbocycles. The number of nitrogens with zero attached hydrogens (tertiary/aromatic N) is 1. The Morgan fingerprint density at radius 3 is 2.58 bits per heavy atom. The van der Waals surface area contributed by atoms with Crippen LogP contribution in [0.3, 0.4) is 0 Å². The molecule has 0 unspecified atom stereocenters. The van der Waals surface area contributed by atoms with E-state index in [0.29, 0.717) is 0 Å². The third-order valence-corrected chi connectivity index (χ3v) is 4.07. The molecule has 0 bridgehead atoms. The molecule has 1 aromatic heterocycles. The number of thiophene rings is 1. The van der Waals surface area contributed by atoms with E-state index < -0.39 is 12.7 Å². The first kappa shape index (κ1) is 14.4. The van der Waals surface area contributed by atoms with E-state index in [2.05, 4.69) is 0 Å². The van der Waals surface area contributed by atoms with Crippen molar-refractivity contribution in [2.45, 2.75) is 38.4 Å². The van der Waals surface area contributed by atoms with Crippen molar-refractivity contribution >= 4 is 17.2 Å². The molecule has 1 amide bonds. The van der Waals surface area contributed by atoms with Crippen LogP contribution < -0.4 is 0 Å². The summed E-state index contributed by atoms with van der Waals surface area (Å²) in [6, 6.07) is 1.76. The van der Waals surface area contributed by atoms with Crippen molar-refractivity contribution in [1.29, 1.82) is 0 Å². The van der Waals surface area contributed by atoms with Gasteiger partial charge in [0.25, 0.3) is 0 Å². The van der Waals surface area contributed by atoms with Crippen molar-refractivity contribution in [1.82, 2.24) is 4.90 Å². The average Bonchev–Trinajstić information content (AvgIpc) is 2.98. The Bertz CT molecular complexity index is 410. The Labute approximate surface area is 114 Å². The summed E-state index contributed by atoms with van der Waals surface area (Å²) in [5, 5.41) is 3.59. The van der Waals surface area contributed by atoms with Crippen molar-refractivity contribution in [3.05, 3.63) is 22.4 Å². The summed E-state index contributed by atoms with van der Waals surface area (Å²) in [6.45, 7) is -1.10. The first-order chi connectivity index (χ1) is 8.96. The van der Waals surface area contributed by atoms with Crippen LogP contribution in [0.2, 0.25) is 0 Å². The maximum absolute atomic E-state index is 12.6. The van der Waals surface area contributed by atoms with Crippen LogP contribution in [-0.2, 0) is 11.3 Å². The number of rotatable bonds is 4. The van der Waals surface area contributed by atoms with Crippen LogP contribution in [-0.4, -0.2) is 23.5 Å². The summed E-state index contributed by atoms with van der Waals surface area (Å²) in [6.07, 6.45) is -1.03. The van der Waals surface area contributed by atoms with Gasteiger partial charge in [-0.05, 0) is 35.2 Å². The second kappa shape index (κ2) is 5.94. The van der Waals surface area contributed by atoms with Gasteiger partial charge >= 0.3 is 6.18 Å². The maximum Gasteiger partial charge on any atom is 0.406 e. The number of alkyl halides is 3. The van der Waals surface area contributed by atoms with Gasteiger partial charge in [-0.1, -0.05) is 12.8 Å². The number of hydrogen-bond donors (Lipinski definition) is 0. The van der Waals surface area contributed by atoms with E-state index in [0.717, 1.165) is 36.1 Å². The van der Waals surface area contributed by atoms with Crippen molar-refractivity contribution in [3.8, 4) is 0 Å². The maximum atomic E-state index is 12.6. The quantitative estimate of drug-likeness (QED) is 0.825. The first-order valence-corrected chi connectivity index (χ1v) is 7.26. The summed E-state index contributed by atoms with van der Waals surface area (Å²) in [5.74, 6) is -0.568. The highest BCUT2D eigenvalue weighted by Crippen LogP contribution is 2.29. The number of carbonyl (C=O) groups is 1. The van der Waals surface area contributed by atoms with Crippen molar-refractivity contribution in [2.24, 2.45) is 5.92 Å². The zero-order chi connectivity index (χ0) is 13.9. The molecule has 1 aromatic rings. The Morgan fingerprint density at radius 1 is 1.37 bits per heavy atom. The smallest absolute Gasteiger partial charge is 0.329 e. The van der Waals surface area contributed by atoms with Crippen LogP contribution in [0.15, 0.2) is 16.8 Å². The minimum Gasteiger partial charge on any atom is -0.329 e. The fourth-order valence-electron chi connectivity index (χ4n) is 2.46. The standard InChI is InChI=1S/C13H16F3NOS/c14-13(15,16)9-17(7-10-5-6-19-8-10)12(18)11-3-1-2-4-11/h5-6,8,11H,1-4,7,9H2. The molecule has 0 radical (unpaired) electrons. The van der Waals surface area contributed by atoms with Gasteiger partial charge in [-0.2, -0.15) is 24.5 Å². The monoisotopic (exact) mass is 291 g/mol.